The van der Waals surface area contributed by atoms with Gasteiger partial charge in [-0.25, -0.2) is 0 Å². The van der Waals surface area contributed by atoms with Crippen LogP contribution in [-0.4, -0.2) is 57.8 Å². The zero-order chi connectivity index (χ0) is 21.2. The van der Waals surface area contributed by atoms with Crippen LogP contribution in [0.15, 0.2) is 42.5 Å². The molecule has 7 heteroatoms. The Kier molecular flexibility index (Phi) is 5.61. The SMILES string of the molecule is O=C(C[NH+]1CC[NH+](Cc2ccc3c(c2)OCO3)CC1)c1ccc(N2CCCC2=O)cc1. The van der Waals surface area contributed by atoms with E-state index < -0.39 is 0 Å². The van der Waals surface area contributed by atoms with E-state index in [2.05, 4.69) is 12.1 Å². The number of piperazine rings is 1. The monoisotopic (exact) mass is 423 g/mol. The number of benzene rings is 2. The molecule has 0 atom stereocenters. The lowest BCUT2D eigenvalue weighted by Crippen LogP contribution is -3.27. The quantitative estimate of drug-likeness (QED) is 0.627. The maximum Gasteiger partial charge on any atom is 0.231 e. The van der Waals surface area contributed by atoms with Crippen molar-refractivity contribution < 1.29 is 28.9 Å². The van der Waals surface area contributed by atoms with E-state index in [1.807, 2.05) is 35.2 Å². The number of nitrogens with zero attached hydrogens (tertiary/aromatic N) is 1. The fourth-order valence-electron chi connectivity index (χ4n) is 4.73. The summed E-state index contributed by atoms with van der Waals surface area (Å²) >= 11 is 0. The Morgan fingerprint density at radius 1 is 0.935 bits per heavy atom. The van der Waals surface area contributed by atoms with E-state index in [0.717, 1.165) is 68.4 Å². The summed E-state index contributed by atoms with van der Waals surface area (Å²) < 4.78 is 10.9. The number of ether oxygens (including phenoxy) is 2. The average molecular weight is 424 g/mol. The van der Waals surface area contributed by atoms with Crippen molar-refractivity contribution in [2.24, 2.45) is 0 Å². The predicted molar refractivity (Wildman–Crippen MR) is 115 cm³/mol. The highest BCUT2D eigenvalue weighted by Crippen LogP contribution is 2.32. The van der Waals surface area contributed by atoms with Crippen LogP contribution in [0.4, 0.5) is 5.69 Å². The Morgan fingerprint density at radius 3 is 2.42 bits per heavy atom. The van der Waals surface area contributed by atoms with Crippen LogP contribution in [0.5, 0.6) is 11.5 Å². The minimum atomic E-state index is 0.171. The molecule has 5 rings (SSSR count). The molecule has 3 aliphatic heterocycles. The van der Waals surface area contributed by atoms with E-state index in [9.17, 15) is 9.59 Å². The van der Waals surface area contributed by atoms with Crippen molar-refractivity contribution in [2.75, 3.05) is 51.0 Å². The number of hydrogen-bond acceptors (Lipinski definition) is 4. The first-order chi connectivity index (χ1) is 15.2. The van der Waals surface area contributed by atoms with Gasteiger partial charge < -0.3 is 24.2 Å². The number of rotatable bonds is 6. The minimum Gasteiger partial charge on any atom is -0.454 e. The molecular weight excluding hydrogens is 394 g/mol. The molecule has 0 radical (unpaired) electrons. The molecule has 2 saturated heterocycles. The largest absolute Gasteiger partial charge is 0.454 e. The summed E-state index contributed by atoms with van der Waals surface area (Å²) in [5, 5.41) is 0. The number of carbonyl (C=O) groups is 2. The van der Waals surface area contributed by atoms with E-state index in [1.165, 1.54) is 15.4 Å². The number of anilines is 1. The molecule has 31 heavy (non-hydrogen) atoms. The van der Waals surface area contributed by atoms with Gasteiger partial charge in [0, 0.05) is 29.8 Å². The van der Waals surface area contributed by atoms with Crippen LogP contribution in [0.3, 0.4) is 0 Å². The van der Waals surface area contributed by atoms with Crippen molar-refractivity contribution in [3.63, 3.8) is 0 Å². The van der Waals surface area contributed by atoms with Gasteiger partial charge in [0.15, 0.2) is 11.5 Å². The summed E-state index contributed by atoms with van der Waals surface area (Å²) in [6.45, 7) is 6.65. The number of hydrogen-bond donors (Lipinski definition) is 2. The van der Waals surface area contributed by atoms with Crippen molar-refractivity contribution in [3.05, 3.63) is 53.6 Å². The normalized spacial score (nSPS) is 22.7. The molecule has 2 fully saturated rings. The Labute approximate surface area is 182 Å². The first-order valence-electron chi connectivity index (χ1n) is 11.1. The Balaban J connectivity index is 1.11. The van der Waals surface area contributed by atoms with Gasteiger partial charge in [0.05, 0.1) is 0 Å². The molecule has 0 aliphatic carbocycles. The molecule has 2 aromatic rings. The molecule has 0 aromatic heterocycles. The molecule has 3 heterocycles. The number of Topliss-reactive ketones (excluding diaryl/α,β-unsaturated/α-hetero) is 1. The van der Waals surface area contributed by atoms with Crippen molar-refractivity contribution >= 4 is 17.4 Å². The van der Waals surface area contributed by atoms with Gasteiger partial charge in [0.2, 0.25) is 18.5 Å². The van der Waals surface area contributed by atoms with Gasteiger partial charge in [-0.2, -0.15) is 0 Å². The number of nitrogens with one attached hydrogen (secondary N) is 2. The van der Waals surface area contributed by atoms with Crippen molar-refractivity contribution in [1.82, 2.24) is 0 Å². The van der Waals surface area contributed by atoms with E-state index >= 15 is 0 Å². The number of amides is 1. The molecule has 1 amide bonds. The summed E-state index contributed by atoms with van der Waals surface area (Å²) in [5.41, 5.74) is 2.89. The van der Waals surface area contributed by atoms with Gasteiger partial charge in [-0.1, -0.05) is 0 Å². The van der Waals surface area contributed by atoms with Crippen LogP contribution < -0.4 is 24.2 Å². The molecule has 7 nitrogen and oxygen atoms in total. The molecule has 0 unspecified atom stereocenters. The fraction of sp³-hybridized carbons (Fsp3) is 0.417. The van der Waals surface area contributed by atoms with Crippen LogP contribution in [0, 0.1) is 0 Å². The molecule has 0 bridgehead atoms. The molecule has 162 valence electrons. The molecule has 2 N–H and O–H groups in total. The molecule has 0 spiro atoms. The fourth-order valence-corrected chi connectivity index (χ4v) is 4.73. The van der Waals surface area contributed by atoms with E-state index in [-0.39, 0.29) is 11.7 Å². The molecule has 2 aromatic carbocycles. The van der Waals surface area contributed by atoms with Crippen LogP contribution in [-0.2, 0) is 11.3 Å². The van der Waals surface area contributed by atoms with Gasteiger partial charge in [0.1, 0.15) is 39.3 Å². The Bertz CT molecular complexity index is 967. The van der Waals surface area contributed by atoms with E-state index in [1.54, 1.807) is 0 Å². The zero-order valence-electron chi connectivity index (χ0n) is 17.7. The maximum absolute atomic E-state index is 12.8. The number of fused-ring (bicyclic) bond motifs is 1. The van der Waals surface area contributed by atoms with Crippen molar-refractivity contribution in [1.29, 1.82) is 0 Å². The van der Waals surface area contributed by atoms with Gasteiger partial charge in [-0.3, -0.25) is 9.59 Å². The van der Waals surface area contributed by atoms with Gasteiger partial charge in [-0.05, 0) is 48.9 Å². The first kappa shape index (κ1) is 20.0. The van der Waals surface area contributed by atoms with E-state index in [0.29, 0.717) is 19.8 Å². The van der Waals surface area contributed by atoms with Crippen molar-refractivity contribution in [3.8, 4) is 11.5 Å². The molecule has 0 saturated carbocycles. The van der Waals surface area contributed by atoms with Crippen LogP contribution >= 0.6 is 0 Å². The Hall–Kier alpha value is -2.90. The number of ketones is 1. The molecule has 3 aliphatic rings. The summed E-state index contributed by atoms with van der Waals surface area (Å²) in [7, 11) is 0. The Morgan fingerprint density at radius 2 is 1.68 bits per heavy atom. The third kappa shape index (κ3) is 4.43. The summed E-state index contributed by atoms with van der Waals surface area (Å²) in [5.74, 6) is 2.01. The predicted octanol–water partition coefficient (Wildman–Crippen LogP) is -0.292. The average Bonchev–Trinajstić information content (AvgIpc) is 3.43. The summed E-state index contributed by atoms with van der Waals surface area (Å²) in [4.78, 5) is 29.3. The second kappa shape index (κ2) is 8.69. The number of carbonyl (C=O) groups excluding carboxylic acids is 2. The highest BCUT2D eigenvalue weighted by Gasteiger charge is 2.26. The second-order valence-electron chi connectivity index (χ2n) is 8.66. The lowest BCUT2D eigenvalue weighted by atomic mass is 10.1. The van der Waals surface area contributed by atoms with E-state index in [4.69, 9.17) is 9.47 Å². The lowest BCUT2D eigenvalue weighted by molar-refractivity contribution is -1.01. The van der Waals surface area contributed by atoms with Crippen LogP contribution in [0.25, 0.3) is 0 Å². The highest BCUT2D eigenvalue weighted by atomic mass is 16.7. The lowest BCUT2D eigenvalue weighted by Gasteiger charge is -2.29. The summed E-state index contributed by atoms with van der Waals surface area (Å²) in [6.07, 6.45) is 1.53. The maximum atomic E-state index is 12.8. The highest BCUT2D eigenvalue weighted by molar-refractivity contribution is 5.98. The van der Waals surface area contributed by atoms with Gasteiger partial charge >= 0.3 is 0 Å². The number of quaternary nitrogens is 2. The minimum absolute atomic E-state index is 0.171. The topological polar surface area (TPSA) is 64.7 Å². The van der Waals surface area contributed by atoms with Crippen LogP contribution in [0.2, 0.25) is 0 Å². The standard InChI is InChI=1S/C24H27N3O4/c28-21(19-4-6-20(7-5-19)27-9-1-2-24(27)29)16-26-12-10-25(11-13-26)15-18-3-8-22-23(14-18)31-17-30-22/h3-8,14H,1-2,9-13,15-17H2/p+2. The molecular formula is C24H29N3O4+2. The first-order valence-corrected chi connectivity index (χ1v) is 11.1. The second-order valence-corrected chi connectivity index (χ2v) is 8.66. The zero-order valence-corrected chi connectivity index (χ0v) is 17.7. The summed E-state index contributed by atoms with van der Waals surface area (Å²) in [6, 6.07) is 13.7. The van der Waals surface area contributed by atoms with Crippen LogP contribution in [0.1, 0.15) is 28.8 Å². The third-order valence-corrected chi connectivity index (χ3v) is 6.54. The van der Waals surface area contributed by atoms with Gasteiger partial charge in [-0.15, -0.1) is 0 Å². The van der Waals surface area contributed by atoms with Crippen molar-refractivity contribution in [2.45, 2.75) is 19.4 Å². The third-order valence-electron chi connectivity index (χ3n) is 6.54. The smallest absolute Gasteiger partial charge is 0.231 e. The van der Waals surface area contributed by atoms with Gasteiger partial charge in [0.25, 0.3) is 0 Å².